The zero-order valence-corrected chi connectivity index (χ0v) is 12.6. The van der Waals surface area contributed by atoms with Gasteiger partial charge >= 0.3 is 0 Å². The maximum Gasteiger partial charge on any atom is 0.224 e. The summed E-state index contributed by atoms with van der Waals surface area (Å²) in [5, 5.41) is 13.1. The van der Waals surface area contributed by atoms with Gasteiger partial charge in [-0.2, -0.15) is 0 Å². The molecular formula is C14H27N3O4. The van der Waals surface area contributed by atoms with Gasteiger partial charge in [-0.05, 0) is 0 Å². The van der Waals surface area contributed by atoms with Crippen molar-refractivity contribution in [2.45, 2.75) is 12.5 Å². The van der Waals surface area contributed by atoms with Crippen LogP contribution in [0.4, 0.5) is 0 Å². The van der Waals surface area contributed by atoms with E-state index in [-0.39, 0.29) is 5.91 Å². The summed E-state index contributed by atoms with van der Waals surface area (Å²) in [6.07, 6.45) is 0.0752. The average Bonchev–Trinajstić information content (AvgIpc) is 2.53. The molecule has 21 heavy (non-hydrogen) atoms. The van der Waals surface area contributed by atoms with E-state index in [1.807, 2.05) is 4.90 Å². The molecule has 7 nitrogen and oxygen atoms in total. The largest absolute Gasteiger partial charge is 0.390 e. The molecule has 0 aromatic rings. The van der Waals surface area contributed by atoms with E-state index in [4.69, 9.17) is 9.47 Å². The lowest BCUT2D eigenvalue weighted by molar-refractivity contribution is -0.135. The van der Waals surface area contributed by atoms with Gasteiger partial charge in [0.1, 0.15) is 0 Å². The van der Waals surface area contributed by atoms with Crippen molar-refractivity contribution in [1.29, 1.82) is 0 Å². The first kappa shape index (κ1) is 16.6. The predicted molar refractivity (Wildman–Crippen MR) is 78.2 cm³/mol. The molecule has 2 heterocycles. The quantitative estimate of drug-likeness (QED) is 0.559. The number of nitrogens with one attached hydrogen (secondary N) is 1. The summed E-state index contributed by atoms with van der Waals surface area (Å²) in [6, 6.07) is 0. The van der Waals surface area contributed by atoms with Crippen LogP contribution in [0.1, 0.15) is 6.42 Å². The first-order valence-corrected chi connectivity index (χ1v) is 7.80. The smallest absolute Gasteiger partial charge is 0.224 e. The van der Waals surface area contributed by atoms with Crippen molar-refractivity contribution in [2.75, 3.05) is 72.2 Å². The Morgan fingerprint density at radius 1 is 1.10 bits per heavy atom. The molecule has 0 aromatic carbocycles. The molecule has 0 spiro atoms. The predicted octanol–water partition coefficient (Wildman–Crippen LogP) is -1.48. The molecule has 0 aliphatic carbocycles. The average molecular weight is 301 g/mol. The second kappa shape index (κ2) is 9.32. The molecule has 2 N–H and O–H groups in total. The Morgan fingerprint density at radius 3 is 2.38 bits per heavy atom. The van der Waals surface area contributed by atoms with Crippen LogP contribution < -0.4 is 5.32 Å². The zero-order chi connectivity index (χ0) is 14.9. The third-order valence-electron chi connectivity index (χ3n) is 3.83. The molecule has 1 atom stereocenters. The molecule has 2 aliphatic heterocycles. The van der Waals surface area contributed by atoms with Crippen LogP contribution in [0.3, 0.4) is 0 Å². The number of morpholine rings is 2. The first-order chi connectivity index (χ1) is 10.3. The molecule has 0 bridgehead atoms. The summed E-state index contributed by atoms with van der Waals surface area (Å²) in [5.41, 5.74) is 0. The Morgan fingerprint density at radius 2 is 1.71 bits per heavy atom. The number of rotatable bonds is 7. The number of ether oxygens (including phenoxy) is 2. The van der Waals surface area contributed by atoms with Gasteiger partial charge in [0, 0.05) is 52.2 Å². The van der Waals surface area contributed by atoms with E-state index < -0.39 is 6.10 Å². The summed E-state index contributed by atoms with van der Waals surface area (Å²) in [4.78, 5) is 16.0. The van der Waals surface area contributed by atoms with Crippen molar-refractivity contribution >= 4 is 5.91 Å². The van der Waals surface area contributed by atoms with Gasteiger partial charge in [-0.3, -0.25) is 9.69 Å². The molecule has 2 aliphatic rings. The summed E-state index contributed by atoms with van der Waals surface area (Å²) in [5.74, 6) is 0.161. The number of amides is 1. The molecular weight excluding hydrogens is 274 g/mol. The molecule has 2 rings (SSSR count). The van der Waals surface area contributed by atoms with Crippen LogP contribution in [0.25, 0.3) is 0 Å². The van der Waals surface area contributed by atoms with Crippen molar-refractivity contribution < 1.29 is 19.4 Å². The van der Waals surface area contributed by atoms with Gasteiger partial charge in [0.25, 0.3) is 0 Å². The lowest BCUT2D eigenvalue weighted by Gasteiger charge is -2.28. The minimum atomic E-state index is -0.401. The number of hydrogen-bond acceptors (Lipinski definition) is 6. The highest BCUT2D eigenvalue weighted by atomic mass is 16.5. The molecule has 122 valence electrons. The van der Waals surface area contributed by atoms with E-state index in [2.05, 4.69) is 10.2 Å². The van der Waals surface area contributed by atoms with Crippen LogP contribution in [-0.4, -0.2) is 99.2 Å². The minimum Gasteiger partial charge on any atom is -0.390 e. The molecule has 0 radical (unpaired) electrons. The van der Waals surface area contributed by atoms with Crippen LogP contribution in [0, 0.1) is 0 Å². The Kier molecular flexibility index (Phi) is 7.38. The zero-order valence-electron chi connectivity index (χ0n) is 12.6. The van der Waals surface area contributed by atoms with E-state index in [1.54, 1.807) is 0 Å². The Labute approximate surface area is 126 Å². The van der Waals surface area contributed by atoms with Crippen molar-refractivity contribution in [1.82, 2.24) is 15.1 Å². The standard InChI is InChI=1S/C14H27N3O4/c18-13(12-16-3-7-20-8-4-16)11-15-2-1-14(19)17-5-9-21-10-6-17/h13,15,18H,1-12H2. The maximum atomic E-state index is 11.9. The lowest BCUT2D eigenvalue weighted by atomic mass is 10.3. The van der Waals surface area contributed by atoms with Crippen LogP contribution in [0.5, 0.6) is 0 Å². The topological polar surface area (TPSA) is 74.3 Å². The van der Waals surface area contributed by atoms with Crippen molar-refractivity contribution in [3.8, 4) is 0 Å². The summed E-state index contributed by atoms with van der Waals surface area (Å²) < 4.78 is 10.5. The second-order valence-corrected chi connectivity index (χ2v) is 5.51. The van der Waals surface area contributed by atoms with Gasteiger partial charge < -0.3 is 24.8 Å². The Hall–Kier alpha value is -0.730. The van der Waals surface area contributed by atoms with Gasteiger partial charge in [0.15, 0.2) is 0 Å². The van der Waals surface area contributed by atoms with E-state index in [1.165, 1.54) is 0 Å². The van der Waals surface area contributed by atoms with Crippen molar-refractivity contribution in [3.63, 3.8) is 0 Å². The maximum absolute atomic E-state index is 11.9. The number of carbonyl (C=O) groups excluding carboxylic acids is 1. The fraction of sp³-hybridized carbons (Fsp3) is 0.929. The van der Waals surface area contributed by atoms with Gasteiger partial charge in [-0.15, -0.1) is 0 Å². The highest BCUT2D eigenvalue weighted by molar-refractivity contribution is 5.76. The van der Waals surface area contributed by atoms with Crippen LogP contribution >= 0.6 is 0 Å². The van der Waals surface area contributed by atoms with Gasteiger partial charge in [-0.1, -0.05) is 0 Å². The number of β-amino-alcohol motifs (C(OH)–C–C–N with tert-alkyl or cyclic N) is 1. The second-order valence-electron chi connectivity index (χ2n) is 5.51. The Bertz CT molecular complexity index is 305. The van der Waals surface area contributed by atoms with Crippen LogP contribution in [-0.2, 0) is 14.3 Å². The molecule has 0 aromatic heterocycles. The van der Waals surface area contributed by atoms with Gasteiger partial charge in [-0.25, -0.2) is 0 Å². The molecule has 7 heteroatoms. The Balaban J connectivity index is 1.51. The molecule has 2 fully saturated rings. The van der Waals surface area contributed by atoms with Crippen molar-refractivity contribution in [2.24, 2.45) is 0 Å². The van der Waals surface area contributed by atoms with E-state index in [0.29, 0.717) is 52.4 Å². The van der Waals surface area contributed by atoms with E-state index in [0.717, 1.165) is 26.3 Å². The number of carbonyl (C=O) groups is 1. The van der Waals surface area contributed by atoms with Crippen LogP contribution in [0.2, 0.25) is 0 Å². The summed E-state index contributed by atoms with van der Waals surface area (Å²) in [6.45, 7) is 7.70. The fourth-order valence-electron chi connectivity index (χ4n) is 2.58. The van der Waals surface area contributed by atoms with E-state index >= 15 is 0 Å². The fourth-order valence-corrected chi connectivity index (χ4v) is 2.58. The van der Waals surface area contributed by atoms with Crippen LogP contribution in [0.15, 0.2) is 0 Å². The van der Waals surface area contributed by atoms with Crippen molar-refractivity contribution in [3.05, 3.63) is 0 Å². The first-order valence-electron chi connectivity index (χ1n) is 7.80. The SMILES string of the molecule is O=C(CCNCC(O)CN1CCOCC1)N1CCOCC1. The normalized spacial score (nSPS) is 22.2. The molecule has 1 unspecified atom stereocenters. The molecule has 1 amide bonds. The summed E-state index contributed by atoms with van der Waals surface area (Å²) >= 11 is 0. The monoisotopic (exact) mass is 301 g/mol. The third kappa shape index (κ3) is 6.27. The highest BCUT2D eigenvalue weighted by Crippen LogP contribution is 2.00. The number of aliphatic hydroxyl groups excluding tert-OH is 1. The summed E-state index contributed by atoms with van der Waals surface area (Å²) in [7, 11) is 0. The van der Waals surface area contributed by atoms with E-state index in [9.17, 15) is 9.90 Å². The van der Waals surface area contributed by atoms with Gasteiger partial charge in [0.05, 0.1) is 32.5 Å². The minimum absolute atomic E-state index is 0.161. The molecule has 2 saturated heterocycles. The molecule has 0 saturated carbocycles. The number of nitrogens with zero attached hydrogens (tertiary/aromatic N) is 2. The van der Waals surface area contributed by atoms with Gasteiger partial charge in [0.2, 0.25) is 5.91 Å². The number of hydrogen-bond donors (Lipinski definition) is 2. The number of aliphatic hydroxyl groups is 1. The third-order valence-corrected chi connectivity index (χ3v) is 3.83. The highest BCUT2D eigenvalue weighted by Gasteiger charge is 2.17. The lowest BCUT2D eigenvalue weighted by Crippen LogP contribution is -2.44.